The van der Waals surface area contributed by atoms with Gasteiger partial charge >= 0.3 is 0 Å². The molecule has 6 heteroatoms. The first-order chi connectivity index (χ1) is 17.9. The summed E-state index contributed by atoms with van der Waals surface area (Å²) in [6.45, 7) is 3.71. The van der Waals surface area contributed by atoms with Crippen molar-refractivity contribution in [1.29, 1.82) is 0 Å². The maximum absolute atomic E-state index is 13.5. The first kappa shape index (κ1) is 26.6. The Morgan fingerprint density at radius 1 is 1.03 bits per heavy atom. The van der Waals surface area contributed by atoms with Crippen molar-refractivity contribution in [3.8, 4) is 5.69 Å². The number of carbonyl (C=O) groups excluding carboxylic acids is 1. The zero-order chi connectivity index (χ0) is 26.2. The van der Waals surface area contributed by atoms with Gasteiger partial charge < -0.3 is 10.2 Å². The number of rotatable bonds is 11. The van der Waals surface area contributed by atoms with Gasteiger partial charge in [-0.3, -0.25) is 4.79 Å². The lowest BCUT2D eigenvalue weighted by molar-refractivity contribution is -0.115. The molecule has 0 saturated carbocycles. The van der Waals surface area contributed by atoms with Crippen molar-refractivity contribution < 1.29 is 9.18 Å². The minimum atomic E-state index is -0.292. The lowest BCUT2D eigenvalue weighted by Crippen LogP contribution is -2.24. The largest absolute Gasteiger partial charge is 0.348 e. The molecule has 0 aliphatic heterocycles. The third kappa shape index (κ3) is 7.04. The van der Waals surface area contributed by atoms with Crippen LogP contribution in [-0.2, 0) is 17.8 Å². The Balaban J connectivity index is 1.41. The molecule has 1 aliphatic carbocycles. The second kappa shape index (κ2) is 12.6. The molecule has 3 aromatic rings. The van der Waals surface area contributed by atoms with E-state index in [9.17, 15) is 9.18 Å². The molecule has 1 aromatic heterocycles. The van der Waals surface area contributed by atoms with Crippen molar-refractivity contribution in [3.63, 3.8) is 0 Å². The molecule has 37 heavy (non-hydrogen) atoms. The highest BCUT2D eigenvalue weighted by molar-refractivity contribution is 6.20. The van der Waals surface area contributed by atoms with Gasteiger partial charge in [0, 0.05) is 17.7 Å². The highest BCUT2D eigenvalue weighted by Crippen LogP contribution is 2.30. The number of hydrogen-bond donors (Lipinski definition) is 1. The Labute approximate surface area is 219 Å². The highest BCUT2D eigenvalue weighted by atomic mass is 19.1. The van der Waals surface area contributed by atoms with E-state index in [0.717, 1.165) is 41.9 Å². The van der Waals surface area contributed by atoms with E-state index in [2.05, 4.69) is 66.7 Å². The number of halogens is 1. The Kier molecular flexibility index (Phi) is 9.07. The van der Waals surface area contributed by atoms with Crippen molar-refractivity contribution in [2.24, 2.45) is 0 Å². The van der Waals surface area contributed by atoms with Crippen LogP contribution in [0, 0.1) is 5.82 Å². The number of aryl methyl sites for hydroxylation is 1. The number of allylic oxidation sites excluding steroid dienone is 2. The molecule has 1 N–H and O–H groups in total. The second-order valence-electron chi connectivity index (χ2n) is 9.92. The zero-order valence-corrected chi connectivity index (χ0v) is 22.1. The summed E-state index contributed by atoms with van der Waals surface area (Å²) >= 11 is 0. The summed E-state index contributed by atoms with van der Waals surface area (Å²) in [5.74, 6) is -0.407. The number of aromatic nitrogens is 2. The number of nitrogens with one attached hydrogen (secondary N) is 1. The van der Waals surface area contributed by atoms with E-state index in [1.54, 1.807) is 23.0 Å². The average Bonchev–Trinajstić information content (AvgIpc) is 3.21. The molecule has 0 unspecified atom stereocenters. The third-order valence-corrected chi connectivity index (χ3v) is 6.82. The molecule has 0 saturated heterocycles. The van der Waals surface area contributed by atoms with Crippen LogP contribution >= 0.6 is 0 Å². The van der Waals surface area contributed by atoms with E-state index in [1.807, 2.05) is 6.08 Å². The molecule has 4 rings (SSSR count). The van der Waals surface area contributed by atoms with Crippen LogP contribution < -0.4 is 5.32 Å². The SMILES string of the molecule is CCC1=Cc2c(cnn2-c2ccc(F)cc2)C(C(=O)NCc2ccc(CCCCCN(C)C)cc2)=CC1. The first-order valence-corrected chi connectivity index (χ1v) is 13.2. The number of carbonyl (C=O) groups is 1. The monoisotopic (exact) mass is 500 g/mol. The molecular formula is C31H37FN4O. The molecule has 2 aromatic carbocycles. The van der Waals surface area contributed by atoms with Crippen LogP contribution in [0.15, 0.2) is 66.4 Å². The predicted octanol–water partition coefficient (Wildman–Crippen LogP) is 6.18. The van der Waals surface area contributed by atoms with Crippen LogP contribution in [0.5, 0.6) is 0 Å². The molecule has 0 fully saturated rings. The van der Waals surface area contributed by atoms with Crippen molar-refractivity contribution in [2.75, 3.05) is 20.6 Å². The van der Waals surface area contributed by atoms with Crippen molar-refractivity contribution in [2.45, 2.75) is 52.0 Å². The van der Waals surface area contributed by atoms with Crippen LogP contribution in [-0.4, -0.2) is 41.2 Å². The molecule has 1 heterocycles. The fourth-order valence-corrected chi connectivity index (χ4v) is 4.58. The Bertz CT molecular complexity index is 1250. The molecule has 0 atom stereocenters. The smallest absolute Gasteiger partial charge is 0.251 e. The van der Waals surface area contributed by atoms with Crippen LogP contribution in [0.1, 0.15) is 61.4 Å². The fourth-order valence-electron chi connectivity index (χ4n) is 4.58. The van der Waals surface area contributed by atoms with E-state index in [1.165, 1.54) is 42.5 Å². The second-order valence-corrected chi connectivity index (χ2v) is 9.92. The summed E-state index contributed by atoms with van der Waals surface area (Å²) in [5.41, 5.74) is 6.64. The maximum atomic E-state index is 13.5. The van der Waals surface area contributed by atoms with Crippen LogP contribution in [0.3, 0.4) is 0 Å². The molecule has 1 aliphatic rings. The Morgan fingerprint density at radius 3 is 2.46 bits per heavy atom. The lowest BCUT2D eigenvalue weighted by atomic mass is 10.0. The van der Waals surface area contributed by atoms with Crippen LogP contribution in [0.2, 0.25) is 0 Å². The molecular weight excluding hydrogens is 463 g/mol. The number of hydrogen-bond acceptors (Lipinski definition) is 3. The molecule has 0 radical (unpaired) electrons. The summed E-state index contributed by atoms with van der Waals surface area (Å²) in [5, 5.41) is 7.63. The standard InChI is InChI=1S/C31H37FN4O/c1-4-23-13-18-28(29-22-34-36(30(29)20-23)27-16-14-26(32)15-17-27)31(37)33-21-25-11-9-24(10-12-25)8-6-5-7-19-35(2)3/h9-12,14-18,20,22H,4-8,13,19,21H2,1-3H3,(H,33,37). The van der Waals surface area contributed by atoms with Gasteiger partial charge in [0.2, 0.25) is 0 Å². The van der Waals surface area contributed by atoms with Gasteiger partial charge in [-0.2, -0.15) is 5.10 Å². The minimum absolute atomic E-state index is 0.115. The molecule has 194 valence electrons. The number of nitrogens with zero attached hydrogens (tertiary/aromatic N) is 3. The summed E-state index contributed by atoms with van der Waals surface area (Å²) in [6.07, 6.45) is 12.1. The van der Waals surface area contributed by atoms with E-state index >= 15 is 0 Å². The van der Waals surface area contributed by atoms with Gasteiger partial charge in [0.25, 0.3) is 5.91 Å². The van der Waals surface area contributed by atoms with Gasteiger partial charge in [0.15, 0.2) is 0 Å². The zero-order valence-electron chi connectivity index (χ0n) is 22.1. The average molecular weight is 501 g/mol. The normalized spacial score (nSPS) is 13.1. The van der Waals surface area contributed by atoms with Gasteiger partial charge in [0.1, 0.15) is 5.82 Å². The molecule has 0 bridgehead atoms. The Morgan fingerprint density at radius 2 is 1.76 bits per heavy atom. The topological polar surface area (TPSA) is 50.2 Å². The highest BCUT2D eigenvalue weighted by Gasteiger charge is 2.22. The van der Waals surface area contributed by atoms with Gasteiger partial charge in [-0.05, 0) is 94.2 Å². The van der Waals surface area contributed by atoms with E-state index in [-0.39, 0.29) is 11.7 Å². The summed E-state index contributed by atoms with van der Waals surface area (Å²) in [7, 11) is 4.23. The van der Waals surface area contributed by atoms with Crippen LogP contribution in [0.4, 0.5) is 4.39 Å². The van der Waals surface area contributed by atoms with Gasteiger partial charge in [0.05, 0.1) is 17.6 Å². The van der Waals surface area contributed by atoms with Crippen LogP contribution in [0.25, 0.3) is 17.3 Å². The number of benzene rings is 2. The van der Waals surface area contributed by atoms with E-state index in [4.69, 9.17) is 0 Å². The van der Waals surface area contributed by atoms with Crippen molar-refractivity contribution >= 4 is 17.6 Å². The summed E-state index contributed by atoms with van der Waals surface area (Å²) < 4.78 is 15.2. The summed E-state index contributed by atoms with van der Waals surface area (Å²) in [4.78, 5) is 15.5. The van der Waals surface area contributed by atoms with Gasteiger partial charge in [-0.25, -0.2) is 9.07 Å². The quantitative estimate of drug-likeness (QED) is 0.320. The molecule has 1 amide bonds. The summed E-state index contributed by atoms with van der Waals surface area (Å²) in [6, 6.07) is 14.8. The van der Waals surface area contributed by atoms with Crippen molar-refractivity contribution in [3.05, 3.63) is 94.6 Å². The first-order valence-electron chi connectivity index (χ1n) is 13.2. The van der Waals surface area contributed by atoms with E-state index < -0.39 is 0 Å². The predicted molar refractivity (Wildman–Crippen MR) is 149 cm³/mol. The fraction of sp³-hybridized carbons (Fsp3) is 0.355. The number of amides is 1. The van der Waals surface area contributed by atoms with Crippen molar-refractivity contribution in [1.82, 2.24) is 20.0 Å². The molecule has 5 nitrogen and oxygen atoms in total. The molecule has 0 spiro atoms. The number of unbranched alkanes of at least 4 members (excludes halogenated alkanes) is 2. The van der Waals surface area contributed by atoms with Gasteiger partial charge in [-0.15, -0.1) is 0 Å². The minimum Gasteiger partial charge on any atom is -0.348 e. The van der Waals surface area contributed by atoms with E-state index in [0.29, 0.717) is 18.5 Å². The lowest BCUT2D eigenvalue weighted by Gasteiger charge is -2.10. The maximum Gasteiger partial charge on any atom is 0.251 e. The van der Waals surface area contributed by atoms with Gasteiger partial charge in [-0.1, -0.05) is 49.3 Å². The number of fused-ring (bicyclic) bond motifs is 1. The Hall–Kier alpha value is -3.51. The third-order valence-electron chi connectivity index (χ3n) is 6.82.